The van der Waals surface area contributed by atoms with Gasteiger partial charge in [0.1, 0.15) is 4.90 Å². The van der Waals surface area contributed by atoms with E-state index in [1.807, 2.05) is 0 Å². The molecule has 0 bridgehead atoms. The number of ether oxygens (including phenoxy) is 1. The highest BCUT2D eigenvalue weighted by Crippen LogP contribution is 2.39. The average molecular weight is 336 g/mol. The summed E-state index contributed by atoms with van der Waals surface area (Å²) in [5, 5.41) is 14.9. The van der Waals surface area contributed by atoms with E-state index in [4.69, 9.17) is 27.2 Å². The third-order valence-electron chi connectivity index (χ3n) is 3.11. The molecular formula is C11H14ClN3O5S. The highest BCUT2D eigenvalue weighted by Gasteiger charge is 2.32. The standard InChI is InChI=1S/C11H14ClN3O5S/c12-7-1-2-8(9(16)10(7)21(14,18)19)15(11(13)17)6-3-4-20-5-6/h1-2,6,16H,3-5H2,(H2,13,17)(H2,14,18,19). The summed E-state index contributed by atoms with van der Waals surface area (Å²) < 4.78 is 28.2. The van der Waals surface area contributed by atoms with E-state index in [-0.39, 0.29) is 17.3 Å². The predicted molar refractivity (Wildman–Crippen MR) is 75.8 cm³/mol. The Hall–Kier alpha value is -1.55. The number of halogens is 1. The number of nitrogens with two attached hydrogens (primary N) is 2. The maximum atomic E-state index is 11.7. The number of amides is 2. The van der Waals surface area contributed by atoms with Crippen LogP contribution in [0.2, 0.25) is 5.02 Å². The number of carbonyl (C=O) groups excluding carboxylic acids is 1. The molecule has 1 unspecified atom stereocenters. The third kappa shape index (κ3) is 3.05. The zero-order chi connectivity index (χ0) is 15.8. The van der Waals surface area contributed by atoms with E-state index in [0.717, 1.165) is 4.90 Å². The summed E-state index contributed by atoms with van der Waals surface area (Å²) in [4.78, 5) is 12.1. The molecule has 1 aliphatic rings. The van der Waals surface area contributed by atoms with Crippen LogP contribution in [0, 0.1) is 0 Å². The number of primary amides is 1. The molecule has 1 atom stereocenters. The largest absolute Gasteiger partial charge is 0.504 e. The summed E-state index contributed by atoms with van der Waals surface area (Å²) >= 11 is 5.75. The maximum Gasteiger partial charge on any atom is 0.319 e. The number of rotatable bonds is 3. The van der Waals surface area contributed by atoms with Gasteiger partial charge in [0.2, 0.25) is 10.0 Å². The van der Waals surface area contributed by atoms with Crippen molar-refractivity contribution in [3.63, 3.8) is 0 Å². The lowest BCUT2D eigenvalue weighted by Crippen LogP contribution is -2.44. The van der Waals surface area contributed by atoms with Gasteiger partial charge in [0.25, 0.3) is 0 Å². The number of sulfonamides is 1. The Labute approximate surface area is 126 Å². The molecule has 10 heteroatoms. The van der Waals surface area contributed by atoms with Gasteiger partial charge < -0.3 is 15.6 Å². The van der Waals surface area contributed by atoms with Crippen molar-refractivity contribution in [2.75, 3.05) is 18.1 Å². The lowest BCUT2D eigenvalue weighted by Gasteiger charge is -2.27. The molecule has 21 heavy (non-hydrogen) atoms. The fourth-order valence-electron chi connectivity index (χ4n) is 2.22. The summed E-state index contributed by atoms with van der Waals surface area (Å²) in [5.74, 6) is -0.712. The summed E-state index contributed by atoms with van der Waals surface area (Å²) in [6, 6.07) is 1.28. The minimum atomic E-state index is -4.26. The van der Waals surface area contributed by atoms with E-state index >= 15 is 0 Å². The van der Waals surface area contributed by atoms with E-state index in [0.29, 0.717) is 13.0 Å². The molecule has 1 saturated heterocycles. The van der Waals surface area contributed by atoms with E-state index in [1.165, 1.54) is 12.1 Å². The molecule has 1 aliphatic heterocycles. The van der Waals surface area contributed by atoms with E-state index in [9.17, 15) is 18.3 Å². The fourth-order valence-corrected chi connectivity index (χ4v) is 3.41. The number of primary sulfonamides is 1. The van der Waals surface area contributed by atoms with Crippen molar-refractivity contribution in [1.29, 1.82) is 0 Å². The van der Waals surface area contributed by atoms with Gasteiger partial charge in [-0.25, -0.2) is 18.4 Å². The van der Waals surface area contributed by atoms with E-state index in [2.05, 4.69) is 0 Å². The van der Waals surface area contributed by atoms with Crippen LogP contribution in [-0.2, 0) is 14.8 Å². The second kappa shape index (κ2) is 5.68. The Morgan fingerprint density at radius 2 is 2.14 bits per heavy atom. The highest BCUT2D eigenvalue weighted by molar-refractivity contribution is 7.89. The molecule has 5 N–H and O–H groups in total. The average Bonchev–Trinajstić information content (AvgIpc) is 2.84. The van der Waals surface area contributed by atoms with Crippen molar-refractivity contribution in [2.45, 2.75) is 17.4 Å². The number of anilines is 1. The molecule has 116 valence electrons. The number of benzene rings is 1. The molecule has 2 rings (SSSR count). The normalized spacial score (nSPS) is 18.7. The van der Waals surface area contributed by atoms with Crippen molar-refractivity contribution in [2.24, 2.45) is 10.9 Å². The molecule has 0 radical (unpaired) electrons. The molecule has 1 heterocycles. The zero-order valence-corrected chi connectivity index (χ0v) is 12.4. The van der Waals surface area contributed by atoms with Gasteiger partial charge in [0, 0.05) is 6.61 Å². The number of nitrogens with zero attached hydrogens (tertiary/aromatic N) is 1. The summed E-state index contributed by atoms with van der Waals surface area (Å²) in [7, 11) is -4.26. The Balaban J connectivity index is 2.59. The van der Waals surface area contributed by atoms with Crippen molar-refractivity contribution in [3.05, 3.63) is 17.2 Å². The number of hydrogen-bond donors (Lipinski definition) is 3. The Morgan fingerprint density at radius 1 is 1.48 bits per heavy atom. The lowest BCUT2D eigenvalue weighted by atomic mass is 10.2. The van der Waals surface area contributed by atoms with Crippen LogP contribution in [0.3, 0.4) is 0 Å². The molecular weight excluding hydrogens is 322 g/mol. The Bertz CT molecular complexity index is 673. The van der Waals surface area contributed by atoms with Crippen LogP contribution >= 0.6 is 11.6 Å². The SMILES string of the molecule is NC(=O)N(c1ccc(Cl)c(S(N)(=O)=O)c1O)C1CCOC1. The number of phenolic OH excluding ortho intramolecular Hbond substituents is 1. The quantitative estimate of drug-likeness (QED) is 0.733. The zero-order valence-electron chi connectivity index (χ0n) is 10.8. The van der Waals surface area contributed by atoms with Gasteiger partial charge in [-0.1, -0.05) is 11.6 Å². The number of hydrogen-bond acceptors (Lipinski definition) is 5. The fraction of sp³-hybridized carbons (Fsp3) is 0.364. The molecule has 8 nitrogen and oxygen atoms in total. The van der Waals surface area contributed by atoms with Crippen molar-refractivity contribution in [3.8, 4) is 5.75 Å². The monoisotopic (exact) mass is 335 g/mol. The number of carbonyl (C=O) groups is 1. The smallest absolute Gasteiger partial charge is 0.319 e. The van der Waals surface area contributed by atoms with Crippen LogP contribution in [0.1, 0.15) is 6.42 Å². The second-order valence-electron chi connectivity index (χ2n) is 4.51. The molecule has 2 amide bonds. The molecule has 0 aliphatic carbocycles. The van der Waals surface area contributed by atoms with E-state index in [1.54, 1.807) is 0 Å². The first-order valence-corrected chi connectivity index (χ1v) is 7.86. The van der Waals surface area contributed by atoms with Crippen LogP contribution in [0.25, 0.3) is 0 Å². The van der Waals surface area contributed by atoms with Gasteiger partial charge in [0.05, 0.1) is 23.4 Å². The first-order valence-electron chi connectivity index (χ1n) is 5.94. The molecule has 0 aromatic heterocycles. The molecule has 0 saturated carbocycles. The number of urea groups is 1. The van der Waals surface area contributed by atoms with Gasteiger partial charge in [0.15, 0.2) is 5.75 Å². The van der Waals surface area contributed by atoms with Crippen LogP contribution in [0.4, 0.5) is 10.5 Å². The van der Waals surface area contributed by atoms with Crippen LogP contribution in [0.15, 0.2) is 17.0 Å². The number of phenols is 1. The van der Waals surface area contributed by atoms with Crippen LogP contribution in [0.5, 0.6) is 5.75 Å². The minimum absolute atomic E-state index is 0.0774. The topological polar surface area (TPSA) is 136 Å². The van der Waals surface area contributed by atoms with Crippen molar-refractivity contribution < 1.29 is 23.1 Å². The van der Waals surface area contributed by atoms with Crippen LogP contribution in [-0.4, -0.2) is 38.8 Å². The number of aromatic hydroxyl groups is 1. The molecule has 0 spiro atoms. The lowest BCUT2D eigenvalue weighted by molar-refractivity contribution is 0.192. The molecule has 1 aromatic rings. The summed E-state index contributed by atoms with van der Waals surface area (Å²) in [5.41, 5.74) is 5.24. The van der Waals surface area contributed by atoms with Gasteiger partial charge in [-0.2, -0.15) is 0 Å². The summed E-state index contributed by atoms with van der Waals surface area (Å²) in [6.45, 7) is 0.667. The molecule has 1 fully saturated rings. The maximum absolute atomic E-state index is 11.7. The van der Waals surface area contributed by atoms with Crippen LogP contribution < -0.4 is 15.8 Å². The van der Waals surface area contributed by atoms with E-state index < -0.39 is 32.7 Å². The van der Waals surface area contributed by atoms with Gasteiger partial charge in [-0.3, -0.25) is 4.90 Å². The Kier molecular flexibility index (Phi) is 4.28. The van der Waals surface area contributed by atoms with Gasteiger partial charge >= 0.3 is 6.03 Å². The molecule has 1 aromatic carbocycles. The first-order chi connectivity index (χ1) is 9.73. The van der Waals surface area contributed by atoms with Crippen molar-refractivity contribution in [1.82, 2.24) is 0 Å². The highest BCUT2D eigenvalue weighted by atomic mass is 35.5. The van der Waals surface area contributed by atoms with Gasteiger partial charge in [-0.05, 0) is 18.6 Å². The van der Waals surface area contributed by atoms with Crippen molar-refractivity contribution >= 4 is 33.3 Å². The predicted octanol–water partition coefficient (Wildman–Crippen LogP) is 0.367. The van der Waals surface area contributed by atoms with Gasteiger partial charge in [-0.15, -0.1) is 0 Å². The second-order valence-corrected chi connectivity index (χ2v) is 6.42. The Morgan fingerprint density at radius 3 is 2.62 bits per heavy atom. The third-order valence-corrected chi connectivity index (χ3v) is 4.52. The minimum Gasteiger partial charge on any atom is -0.504 e. The first kappa shape index (κ1) is 15.8. The summed E-state index contributed by atoms with van der Waals surface area (Å²) in [6.07, 6.45) is 0.510.